The van der Waals surface area contributed by atoms with Crippen LogP contribution in [0.4, 0.5) is 11.4 Å². The van der Waals surface area contributed by atoms with Crippen molar-refractivity contribution in [2.45, 2.75) is 29.4 Å². The van der Waals surface area contributed by atoms with Crippen LogP contribution in [-0.2, 0) is 19.2 Å². The van der Waals surface area contributed by atoms with E-state index in [4.69, 9.17) is 28.3 Å². The number of nitrogens with zero attached hydrogens (tertiary/aromatic N) is 1. The minimum Gasteiger partial charge on any atom is -0.481 e. The molecule has 1 aliphatic heterocycles. The summed E-state index contributed by atoms with van der Waals surface area (Å²) in [6, 6.07) is 11.3. The van der Waals surface area contributed by atoms with Crippen LogP contribution in [0.1, 0.15) is 19.3 Å². The fraction of sp³-hybridized carbons (Fsp3) is 0.200. The molecule has 2 aromatic carbocycles. The molecule has 156 valence electrons. The molecule has 1 saturated heterocycles. The van der Waals surface area contributed by atoms with Crippen molar-refractivity contribution in [1.82, 2.24) is 0 Å². The number of nitrogens with one attached hydrogen (secondary N) is 1. The fourth-order valence-corrected chi connectivity index (χ4v) is 4.25. The number of imide groups is 1. The smallest absolute Gasteiger partial charge is 0.303 e. The first-order valence-electron chi connectivity index (χ1n) is 8.85. The average Bonchev–Trinajstić information content (AvgIpc) is 2.96. The molecule has 1 atom stereocenters. The summed E-state index contributed by atoms with van der Waals surface area (Å²) >= 11 is 13.1. The van der Waals surface area contributed by atoms with Crippen LogP contribution in [0.25, 0.3) is 0 Å². The number of halogens is 2. The van der Waals surface area contributed by atoms with E-state index in [1.54, 1.807) is 30.3 Å². The molecule has 0 aliphatic carbocycles. The van der Waals surface area contributed by atoms with Gasteiger partial charge in [-0.05, 0) is 36.4 Å². The molecule has 10 heteroatoms. The number of rotatable bonds is 7. The topological polar surface area (TPSA) is 104 Å². The number of carboxylic acids is 1. The number of thioether (sulfide) groups is 1. The van der Waals surface area contributed by atoms with Crippen LogP contribution in [0.2, 0.25) is 10.0 Å². The van der Waals surface area contributed by atoms with E-state index in [0.29, 0.717) is 21.3 Å². The van der Waals surface area contributed by atoms with Crippen LogP contribution in [0.5, 0.6) is 0 Å². The maximum absolute atomic E-state index is 12.8. The van der Waals surface area contributed by atoms with Gasteiger partial charge in [0.25, 0.3) is 0 Å². The highest BCUT2D eigenvalue weighted by Crippen LogP contribution is 2.36. The zero-order chi connectivity index (χ0) is 21.8. The van der Waals surface area contributed by atoms with Crippen LogP contribution in [0, 0.1) is 0 Å². The van der Waals surface area contributed by atoms with Gasteiger partial charge in [0.15, 0.2) is 0 Å². The SMILES string of the molecule is O=C(O)CCC(=O)Nc1cccc(S[C@@H]2CC(=O)N(c3ccc(Cl)c(Cl)c3)C2=O)c1. The molecule has 3 rings (SSSR count). The summed E-state index contributed by atoms with van der Waals surface area (Å²) in [4.78, 5) is 49.4. The van der Waals surface area contributed by atoms with E-state index in [0.717, 1.165) is 4.90 Å². The van der Waals surface area contributed by atoms with Crippen molar-refractivity contribution in [1.29, 1.82) is 0 Å². The Morgan fingerprint density at radius 3 is 2.57 bits per heavy atom. The maximum atomic E-state index is 12.8. The molecular formula is C20H16Cl2N2O5S. The lowest BCUT2D eigenvalue weighted by molar-refractivity contribution is -0.138. The standard InChI is InChI=1S/C20H16Cl2N2O5S/c21-14-5-4-12(9-15(14)22)24-18(26)10-16(20(24)29)30-13-3-1-2-11(8-13)23-17(25)6-7-19(27)28/h1-5,8-9,16H,6-7,10H2,(H,23,25)(H,27,28)/t16-/m1/s1. The Hall–Kier alpha value is -2.55. The quantitative estimate of drug-likeness (QED) is 0.591. The first-order chi connectivity index (χ1) is 14.2. The zero-order valence-corrected chi connectivity index (χ0v) is 17.8. The second kappa shape index (κ2) is 9.51. The van der Waals surface area contributed by atoms with E-state index in [1.807, 2.05) is 0 Å². The van der Waals surface area contributed by atoms with Crippen LogP contribution in [0.3, 0.4) is 0 Å². The van der Waals surface area contributed by atoms with Crippen molar-refractivity contribution in [2.75, 3.05) is 10.2 Å². The third-order valence-electron chi connectivity index (χ3n) is 4.23. The Kier molecular flexibility index (Phi) is 7.02. The number of carbonyl (C=O) groups is 4. The molecular weight excluding hydrogens is 451 g/mol. The first-order valence-corrected chi connectivity index (χ1v) is 10.5. The van der Waals surface area contributed by atoms with E-state index in [2.05, 4.69) is 5.32 Å². The second-order valence-electron chi connectivity index (χ2n) is 6.45. The van der Waals surface area contributed by atoms with Crippen molar-refractivity contribution >= 4 is 70.0 Å². The number of carbonyl (C=O) groups excluding carboxylic acids is 3. The Morgan fingerprint density at radius 1 is 1.10 bits per heavy atom. The summed E-state index contributed by atoms with van der Waals surface area (Å²) in [5, 5.41) is 11.2. The Balaban J connectivity index is 1.68. The molecule has 1 aliphatic rings. The Morgan fingerprint density at radius 2 is 1.87 bits per heavy atom. The monoisotopic (exact) mass is 466 g/mol. The summed E-state index contributed by atoms with van der Waals surface area (Å²) in [5.41, 5.74) is 0.843. The molecule has 1 fully saturated rings. The van der Waals surface area contributed by atoms with E-state index in [1.165, 1.54) is 23.9 Å². The number of carboxylic acid groups (broad SMARTS) is 1. The number of anilines is 2. The number of amides is 3. The molecule has 0 bridgehead atoms. The molecule has 0 radical (unpaired) electrons. The molecule has 2 N–H and O–H groups in total. The van der Waals surface area contributed by atoms with Crippen molar-refractivity contribution in [2.24, 2.45) is 0 Å². The Labute approximate surface area is 186 Å². The number of hydrogen-bond acceptors (Lipinski definition) is 5. The van der Waals surface area contributed by atoms with Crippen LogP contribution < -0.4 is 10.2 Å². The highest BCUT2D eigenvalue weighted by molar-refractivity contribution is 8.00. The van der Waals surface area contributed by atoms with Crippen LogP contribution in [0.15, 0.2) is 47.4 Å². The lowest BCUT2D eigenvalue weighted by Crippen LogP contribution is -2.31. The van der Waals surface area contributed by atoms with Gasteiger partial charge >= 0.3 is 5.97 Å². The zero-order valence-electron chi connectivity index (χ0n) is 15.4. The van der Waals surface area contributed by atoms with Gasteiger partial charge in [-0.3, -0.25) is 19.2 Å². The lowest BCUT2D eigenvalue weighted by Gasteiger charge is -2.15. The molecule has 30 heavy (non-hydrogen) atoms. The van der Waals surface area contributed by atoms with Gasteiger partial charge in [0.05, 0.1) is 27.4 Å². The molecule has 1 heterocycles. The molecule has 3 amide bonds. The molecule has 0 saturated carbocycles. The van der Waals surface area contributed by atoms with Gasteiger partial charge < -0.3 is 10.4 Å². The number of aliphatic carboxylic acids is 1. The van der Waals surface area contributed by atoms with Crippen molar-refractivity contribution in [3.8, 4) is 0 Å². The third kappa shape index (κ3) is 5.33. The molecule has 2 aromatic rings. The maximum Gasteiger partial charge on any atom is 0.303 e. The van der Waals surface area contributed by atoms with Gasteiger partial charge in [-0.2, -0.15) is 0 Å². The van der Waals surface area contributed by atoms with Crippen LogP contribution in [-0.4, -0.2) is 34.0 Å². The normalized spacial score (nSPS) is 16.1. The van der Waals surface area contributed by atoms with Crippen molar-refractivity contribution in [3.05, 3.63) is 52.5 Å². The van der Waals surface area contributed by atoms with E-state index in [-0.39, 0.29) is 36.1 Å². The molecule has 0 aromatic heterocycles. The molecule has 0 unspecified atom stereocenters. The van der Waals surface area contributed by atoms with Gasteiger partial charge in [0.2, 0.25) is 17.7 Å². The van der Waals surface area contributed by atoms with Gasteiger partial charge in [0, 0.05) is 23.4 Å². The second-order valence-corrected chi connectivity index (χ2v) is 8.54. The van der Waals surface area contributed by atoms with E-state index < -0.39 is 17.1 Å². The third-order valence-corrected chi connectivity index (χ3v) is 6.15. The van der Waals surface area contributed by atoms with Crippen LogP contribution >= 0.6 is 35.0 Å². The predicted octanol–water partition coefficient (Wildman–Crippen LogP) is 4.22. The minimum absolute atomic E-state index is 0.0267. The largest absolute Gasteiger partial charge is 0.481 e. The number of hydrogen-bond donors (Lipinski definition) is 2. The van der Waals surface area contributed by atoms with Crippen molar-refractivity contribution in [3.63, 3.8) is 0 Å². The highest BCUT2D eigenvalue weighted by Gasteiger charge is 2.40. The number of benzene rings is 2. The van der Waals surface area contributed by atoms with Gasteiger partial charge in [0.1, 0.15) is 0 Å². The van der Waals surface area contributed by atoms with E-state index >= 15 is 0 Å². The van der Waals surface area contributed by atoms with Gasteiger partial charge in [-0.25, -0.2) is 4.90 Å². The molecule has 0 spiro atoms. The summed E-state index contributed by atoms with van der Waals surface area (Å²) in [5.74, 6) is -2.17. The van der Waals surface area contributed by atoms with Gasteiger partial charge in [-0.1, -0.05) is 29.3 Å². The highest BCUT2D eigenvalue weighted by atomic mass is 35.5. The summed E-state index contributed by atoms with van der Waals surface area (Å²) in [7, 11) is 0. The first kappa shape index (κ1) is 22.1. The summed E-state index contributed by atoms with van der Waals surface area (Å²) in [6.07, 6.45) is -0.372. The van der Waals surface area contributed by atoms with E-state index in [9.17, 15) is 19.2 Å². The predicted molar refractivity (Wildman–Crippen MR) is 115 cm³/mol. The van der Waals surface area contributed by atoms with Crippen molar-refractivity contribution < 1.29 is 24.3 Å². The Bertz CT molecular complexity index is 1030. The molecule has 7 nitrogen and oxygen atoms in total. The average molecular weight is 467 g/mol. The lowest BCUT2D eigenvalue weighted by atomic mass is 10.2. The summed E-state index contributed by atoms with van der Waals surface area (Å²) in [6.45, 7) is 0. The van der Waals surface area contributed by atoms with Gasteiger partial charge in [-0.15, -0.1) is 11.8 Å². The summed E-state index contributed by atoms with van der Waals surface area (Å²) < 4.78 is 0. The minimum atomic E-state index is -1.05. The fourth-order valence-electron chi connectivity index (χ4n) is 2.85.